The topological polar surface area (TPSA) is 66.0 Å². The summed E-state index contributed by atoms with van der Waals surface area (Å²) in [6.45, 7) is 5.50. The van der Waals surface area contributed by atoms with Crippen LogP contribution in [0.3, 0.4) is 0 Å². The SMILES string of the molecule is CCNC(=NCc1ccccc1OC)NCCCC(=O)N1Cc2ccccc2C1. The molecule has 154 valence electrons. The maximum Gasteiger partial charge on any atom is 0.223 e. The first kappa shape index (κ1) is 20.7. The molecule has 1 aliphatic heterocycles. The van der Waals surface area contributed by atoms with Gasteiger partial charge in [-0.2, -0.15) is 0 Å². The molecular formula is C23H30N4O2. The van der Waals surface area contributed by atoms with Gasteiger partial charge in [0.15, 0.2) is 5.96 Å². The fraction of sp³-hybridized carbons (Fsp3) is 0.391. The number of nitrogens with one attached hydrogen (secondary N) is 2. The monoisotopic (exact) mass is 394 g/mol. The second-order valence-electron chi connectivity index (χ2n) is 7.06. The van der Waals surface area contributed by atoms with E-state index in [1.165, 1.54) is 11.1 Å². The van der Waals surface area contributed by atoms with Crippen molar-refractivity contribution in [2.75, 3.05) is 20.2 Å². The van der Waals surface area contributed by atoms with Crippen molar-refractivity contribution in [3.05, 3.63) is 65.2 Å². The van der Waals surface area contributed by atoms with Crippen molar-refractivity contribution in [1.29, 1.82) is 0 Å². The van der Waals surface area contributed by atoms with E-state index in [9.17, 15) is 4.79 Å². The van der Waals surface area contributed by atoms with Crippen LogP contribution >= 0.6 is 0 Å². The number of ether oxygens (including phenoxy) is 1. The fourth-order valence-electron chi connectivity index (χ4n) is 3.45. The lowest BCUT2D eigenvalue weighted by atomic mass is 10.1. The number of amides is 1. The predicted octanol–water partition coefficient (Wildman–Crippen LogP) is 3.07. The Morgan fingerprint density at radius 2 is 1.76 bits per heavy atom. The Balaban J connectivity index is 1.44. The number of hydrogen-bond acceptors (Lipinski definition) is 3. The maximum atomic E-state index is 12.5. The highest BCUT2D eigenvalue weighted by molar-refractivity contribution is 5.80. The molecule has 1 amide bonds. The predicted molar refractivity (Wildman–Crippen MR) is 116 cm³/mol. The standard InChI is InChI=1S/C23H30N4O2/c1-3-24-23(26-15-18-9-6-7-12-21(18)29-2)25-14-8-13-22(28)27-16-19-10-4-5-11-20(19)17-27/h4-7,9-12H,3,8,13-17H2,1-2H3,(H2,24,25,26). The van der Waals surface area contributed by atoms with Crippen LogP contribution in [-0.4, -0.2) is 37.0 Å². The first-order valence-corrected chi connectivity index (χ1v) is 10.2. The van der Waals surface area contributed by atoms with Crippen molar-refractivity contribution >= 4 is 11.9 Å². The first-order valence-electron chi connectivity index (χ1n) is 10.2. The zero-order valence-corrected chi connectivity index (χ0v) is 17.3. The third kappa shape index (κ3) is 5.73. The van der Waals surface area contributed by atoms with E-state index < -0.39 is 0 Å². The van der Waals surface area contributed by atoms with Crippen molar-refractivity contribution in [3.8, 4) is 5.75 Å². The van der Waals surface area contributed by atoms with Crippen LogP contribution in [0.2, 0.25) is 0 Å². The summed E-state index contributed by atoms with van der Waals surface area (Å²) in [4.78, 5) is 19.1. The molecule has 0 fully saturated rings. The van der Waals surface area contributed by atoms with Gasteiger partial charge in [0, 0.05) is 38.2 Å². The summed E-state index contributed by atoms with van der Waals surface area (Å²) in [7, 11) is 1.67. The molecule has 0 bridgehead atoms. The highest BCUT2D eigenvalue weighted by Gasteiger charge is 2.22. The van der Waals surface area contributed by atoms with Gasteiger partial charge >= 0.3 is 0 Å². The highest BCUT2D eigenvalue weighted by atomic mass is 16.5. The van der Waals surface area contributed by atoms with Crippen molar-refractivity contribution in [1.82, 2.24) is 15.5 Å². The summed E-state index contributed by atoms with van der Waals surface area (Å²) in [5, 5.41) is 6.57. The van der Waals surface area contributed by atoms with E-state index in [0.29, 0.717) is 19.5 Å². The number of hydrogen-bond donors (Lipinski definition) is 2. The molecule has 0 saturated carbocycles. The Hall–Kier alpha value is -3.02. The Labute approximate surface area is 173 Å². The number of rotatable bonds is 8. The van der Waals surface area contributed by atoms with Gasteiger partial charge < -0.3 is 20.3 Å². The zero-order chi connectivity index (χ0) is 20.5. The molecule has 29 heavy (non-hydrogen) atoms. The van der Waals surface area contributed by atoms with Crippen LogP contribution in [0.15, 0.2) is 53.5 Å². The van der Waals surface area contributed by atoms with Crippen LogP contribution in [0.1, 0.15) is 36.5 Å². The van der Waals surface area contributed by atoms with Gasteiger partial charge in [-0.05, 0) is 30.5 Å². The van der Waals surface area contributed by atoms with Gasteiger partial charge in [0.1, 0.15) is 5.75 Å². The molecule has 0 spiro atoms. The van der Waals surface area contributed by atoms with E-state index in [1.807, 2.05) is 48.2 Å². The normalized spacial score (nSPS) is 13.2. The van der Waals surface area contributed by atoms with Gasteiger partial charge in [-0.1, -0.05) is 42.5 Å². The average Bonchev–Trinajstić information content (AvgIpc) is 3.19. The van der Waals surface area contributed by atoms with Crippen LogP contribution in [0.5, 0.6) is 5.75 Å². The molecule has 0 saturated heterocycles. The van der Waals surface area contributed by atoms with Crippen molar-refractivity contribution < 1.29 is 9.53 Å². The van der Waals surface area contributed by atoms with E-state index in [4.69, 9.17) is 4.74 Å². The molecule has 2 N–H and O–H groups in total. The van der Waals surface area contributed by atoms with E-state index in [-0.39, 0.29) is 5.91 Å². The molecule has 0 unspecified atom stereocenters. The van der Waals surface area contributed by atoms with Crippen LogP contribution in [0, 0.1) is 0 Å². The average molecular weight is 395 g/mol. The molecule has 3 rings (SSSR count). The van der Waals surface area contributed by atoms with Gasteiger partial charge in [0.25, 0.3) is 0 Å². The van der Waals surface area contributed by atoms with Crippen LogP contribution in [0.4, 0.5) is 0 Å². The number of nitrogens with zero attached hydrogens (tertiary/aromatic N) is 2. The van der Waals surface area contributed by atoms with Crippen molar-refractivity contribution in [2.24, 2.45) is 4.99 Å². The lowest BCUT2D eigenvalue weighted by Crippen LogP contribution is -2.38. The maximum absolute atomic E-state index is 12.5. The Morgan fingerprint density at radius 3 is 2.45 bits per heavy atom. The lowest BCUT2D eigenvalue weighted by molar-refractivity contribution is -0.131. The zero-order valence-electron chi connectivity index (χ0n) is 17.3. The van der Waals surface area contributed by atoms with E-state index >= 15 is 0 Å². The van der Waals surface area contributed by atoms with Crippen LogP contribution < -0.4 is 15.4 Å². The van der Waals surface area contributed by atoms with E-state index in [1.54, 1.807) is 7.11 Å². The lowest BCUT2D eigenvalue weighted by Gasteiger charge is -2.16. The number of para-hydroxylation sites is 1. The smallest absolute Gasteiger partial charge is 0.223 e. The number of carbonyl (C=O) groups is 1. The quantitative estimate of drug-likeness (QED) is 0.410. The van der Waals surface area contributed by atoms with Gasteiger partial charge in [0.05, 0.1) is 13.7 Å². The number of benzene rings is 2. The minimum atomic E-state index is 0.207. The largest absolute Gasteiger partial charge is 0.496 e. The van der Waals surface area contributed by atoms with Crippen LogP contribution in [-0.2, 0) is 24.4 Å². The minimum Gasteiger partial charge on any atom is -0.496 e. The number of aliphatic imine (C=N–C) groups is 1. The summed E-state index contributed by atoms with van der Waals surface area (Å²) in [5.41, 5.74) is 3.56. The highest BCUT2D eigenvalue weighted by Crippen LogP contribution is 2.23. The minimum absolute atomic E-state index is 0.207. The molecule has 1 aliphatic rings. The summed E-state index contributed by atoms with van der Waals surface area (Å²) in [6, 6.07) is 16.1. The third-order valence-electron chi connectivity index (χ3n) is 5.00. The van der Waals surface area contributed by atoms with Gasteiger partial charge in [0.2, 0.25) is 5.91 Å². The summed E-state index contributed by atoms with van der Waals surface area (Å²) >= 11 is 0. The Kier molecular flexibility index (Phi) is 7.50. The molecule has 0 atom stereocenters. The summed E-state index contributed by atoms with van der Waals surface area (Å²) < 4.78 is 5.38. The molecule has 0 aromatic heterocycles. The van der Waals surface area contributed by atoms with Gasteiger partial charge in [-0.3, -0.25) is 4.79 Å². The number of fused-ring (bicyclic) bond motifs is 1. The fourth-order valence-corrected chi connectivity index (χ4v) is 3.45. The Bertz CT molecular complexity index is 825. The molecule has 0 radical (unpaired) electrons. The number of carbonyl (C=O) groups excluding carboxylic acids is 1. The molecule has 6 heteroatoms. The van der Waals surface area contributed by atoms with E-state index in [0.717, 1.165) is 43.3 Å². The summed E-state index contributed by atoms with van der Waals surface area (Å²) in [5.74, 6) is 1.79. The molecule has 2 aromatic carbocycles. The van der Waals surface area contributed by atoms with Crippen molar-refractivity contribution in [3.63, 3.8) is 0 Å². The number of guanidine groups is 1. The molecular weight excluding hydrogens is 364 g/mol. The van der Waals surface area contributed by atoms with E-state index in [2.05, 4.69) is 27.8 Å². The van der Waals surface area contributed by atoms with Gasteiger partial charge in [-0.15, -0.1) is 0 Å². The molecule has 0 aliphatic carbocycles. The molecule has 6 nitrogen and oxygen atoms in total. The van der Waals surface area contributed by atoms with Crippen molar-refractivity contribution in [2.45, 2.75) is 39.4 Å². The second kappa shape index (κ2) is 10.5. The summed E-state index contributed by atoms with van der Waals surface area (Å²) in [6.07, 6.45) is 1.30. The molecule has 1 heterocycles. The van der Waals surface area contributed by atoms with Gasteiger partial charge in [-0.25, -0.2) is 4.99 Å². The first-order chi connectivity index (χ1) is 14.2. The molecule has 2 aromatic rings. The number of methoxy groups -OCH3 is 1. The second-order valence-corrected chi connectivity index (χ2v) is 7.06. The Morgan fingerprint density at radius 1 is 1.07 bits per heavy atom. The third-order valence-corrected chi connectivity index (χ3v) is 5.00. The van der Waals surface area contributed by atoms with Crippen LogP contribution in [0.25, 0.3) is 0 Å².